The summed E-state index contributed by atoms with van der Waals surface area (Å²) in [7, 11) is 4.27. The Kier molecular flexibility index (Phi) is 3.81. The van der Waals surface area contributed by atoms with Crippen LogP contribution in [0, 0.1) is 0 Å². The Balaban J connectivity index is 1.56. The Bertz CT molecular complexity index is 417. The highest BCUT2D eigenvalue weighted by molar-refractivity contribution is 4.98. The van der Waals surface area contributed by atoms with Crippen molar-refractivity contribution in [2.75, 3.05) is 40.3 Å². The van der Waals surface area contributed by atoms with Crippen molar-refractivity contribution >= 4 is 0 Å². The van der Waals surface area contributed by atoms with Gasteiger partial charge in [-0.25, -0.2) is 0 Å². The van der Waals surface area contributed by atoms with Gasteiger partial charge in [0.05, 0.1) is 6.04 Å². The van der Waals surface area contributed by atoms with E-state index in [9.17, 15) is 0 Å². The lowest BCUT2D eigenvalue weighted by atomic mass is 10.2. The van der Waals surface area contributed by atoms with Crippen molar-refractivity contribution in [3.05, 3.63) is 11.7 Å². The summed E-state index contributed by atoms with van der Waals surface area (Å²) in [4.78, 5) is 9.17. The first-order valence-electron chi connectivity index (χ1n) is 7.17. The first kappa shape index (κ1) is 13.0. The van der Waals surface area contributed by atoms with Crippen LogP contribution in [0.15, 0.2) is 4.52 Å². The monoisotopic (exact) mass is 265 g/mol. The normalized spacial score (nSPS) is 25.9. The van der Waals surface area contributed by atoms with Crippen LogP contribution >= 0.6 is 0 Å². The second-order valence-corrected chi connectivity index (χ2v) is 5.78. The summed E-state index contributed by atoms with van der Waals surface area (Å²) in [6.45, 7) is 4.06. The molecule has 0 amide bonds. The van der Waals surface area contributed by atoms with Gasteiger partial charge in [-0.2, -0.15) is 4.98 Å². The predicted molar refractivity (Wildman–Crippen MR) is 71.9 cm³/mol. The van der Waals surface area contributed by atoms with Crippen LogP contribution in [-0.4, -0.2) is 66.3 Å². The zero-order chi connectivity index (χ0) is 13.2. The van der Waals surface area contributed by atoms with Gasteiger partial charge >= 0.3 is 0 Å². The summed E-state index contributed by atoms with van der Waals surface area (Å²) in [5, 5.41) is 7.62. The maximum Gasteiger partial charge on any atom is 0.227 e. The zero-order valence-electron chi connectivity index (χ0n) is 11.8. The molecule has 1 saturated heterocycles. The molecule has 1 aromatic heterocycles. The SMILES string of the molecule is CN1CCN(C)C(c2noc(CCNC3CC3)n2)C1. The van der Waals surface area contributed by atoms with E-state index < -0.39 is 0 Å². The minimum Gasteiger partial charge on any atom is -0.339 e. The molecule has 1 N–H and O–H groups in total. The van der Waals surface area contributed by atoms with Gasteiger partial charge in [0.1, 0.15) is 0 Å². The van der Waals surface area contributed by atoms with Gasteiger partial charge in [0, 0.05) is 38.6 Å². The third-order valence-corrected chi connectivity index (χ3v) is 3.98. The lowest BCUT2D eigenvalue weighted by Gasteiger charge is -2.35. The highest BCUT2D eigenvalue weighted by atomic mass is 16.5. The fourth-order valence-corrected chi connectivity index (χ4v) is 2.46. The first-order valence-corrected chi connectivity index (χ1v) is 7.17. The molecule has 1 atom stereocenters. The molecule has 2 fully saturated rings. The summed E-state index contributed by atoms with van der Waals surface area (Å²) in [5.74, 6) is 1.58. The fraction of sp³-hybridized carbons (Fsp3) is 0.846. The van der Waals surface area contributed by atoms with Crippen molar-refractivity contribution in [3.8, 4) is 0 Å². The third kappa shape index (κ3) is 3.32. The molecule has 106 valence electrons. The van der Waals surface area contributed by atoms with Crippen LogP contribution in [0.25, 0.3) is 0 Å². The Morgan fingerprint density at radius 2 is 2.16 bits per heavy atom. The molecule has 1 unspecified atom stereocenters. The molecular formula is C13H23N5O. The van der Waals surface area contributed by atoms with Gasteiger partial charge in [0.15, 0.2) is 5.82 Å². The summed E-state index contributed by atoms with van der Waals surface area (Å²) < 4.78 is 5.36. The number of hydrogen-bond acceptors (Lipinski definition) is 6. The molecular weight excluding hydrogens is 242 g/mol. The average molecular weight is 265 g/mol. The second-order valence-electron chi connectivity index (χ2n) is 5.78. The van der Waals surface area contributed by atoms with Crippen molar-refractivity contribution in [2.24, 2.45) is 0 Å². The highest BCUT2D eigenvalue weighted by Gasteiger charge is 2.28. The van der Waals surface area contributed by atoms with Crippen LogP contribution in [0.4, 0.5) is 0 Å². The van der Waals surface area contributed by atoms with Crippen molar-refractivity contribution in [3.63, 3.8) is 0 Å². The van der Waals surface area contributed by atoms with Crippen molar-refractivity contribution in [1.29, 1.82) is 0 Å². The van der Waals surface area contributed by atoms with Gasteiger partial charge in [-0.3, -0.25) is 4.90 Å². The van der Waals surface area contributed by atoms with E-state index in [2.05, 4.69) is 39.4 Å². The van der Waals surface area contributed by atoms with E-state index in [0.717, 1.165) is 50.4 Å². The third-order valence-electron chi connectivity index (χ3n) is 3.98. The largest absolute Gasteiger partial charge is 0.339 e. The van der Waals surface area contributed by atoms with Crippen LogP contribution in [-0.2, 0) is 6.42 Å². The number of aromatic nitrogens is 2. The summed E-state index contributed by atoms with van der Waals surface area (Å²) in [6, 6.07) is 0.994. The maximum absolute atomic E-state index is 5.36. The molecule has 6 heteroatoms. The van der Waals surface area contributed by atoms with Gasteiger partial charge < -0.3 is 14.7 Å². The second kappa shape index (κ2) is 5.56. The van der Waals surface area contributed by atoms with Crippen LogP contribution in [0.5, 0.6) is 0 Å². The summed E-state index contributed by atoms with van der Waals surface area (Å²) in [6.07, 6.45) is 3.46. The average Bonchev–Trinajstić information content (AvgIpc) is 3.10. The molecule has 3 rings (SSSR count). The van der Waals surface area contributed by atoms with E-state index >= 15 is 0 Å². The van der Waals surface area contributed by atoms with Gasteiger partial charge in [0.2, 0.25) is 5.89 Å². The molecule has 19 heavy (non-hydrogen) atoms. The molecule has 2 heterocycles. The van der Waals surface area contributed by atoms with Crippen molar-refractivity contribution in [1.82, 2.24) is 25.3 Å². The van der Waals surface area contributed by atoms with Crippen molar-refractivity contribution in [2.45, 2.75) is 31.3 Å². The van der Waals surface area contributed by atoms with Gasteiger partial charge in [-0.15, -0.1) is 0 Å². The number of hydrogen-bond donors (Lipinski definition) is 1. The molecule has 1 saturated carbocycles. The smallest absolute Gasteiger partial charge is 0.227 e. The Morgan fingerprint density at radius 3 is 2.95 bits per heavy atom. The quantitative estimate of drug-likeness (QED) is 0.825. The van der Waals surface area contributed by atoms with E-state index in [0.29, 0.717) is 0 Å². The van der Waals surface area contributed by atoms with E-state index in [1.54, 1.807) is 0 Å². The lowest BCUT2D eigenvalue weighted by molar-refractivity contribution is 0.108. The molecule has 6 nitrogen and oxygen atoms in total. The standard InChI is InChI=1S/C13H23N5O/c1-17-7-8-18(2)11(9-17)13-15-12(19-16-13)5-6-14-10-3-4-10/h10-11,14H,3-9H2,1-2H3. The zero-order valence-corrected chi connectivity index (χ0v) is 11.8. The number of nitrogens with one attached hydrogen (secondary N) is 1. The van der Waals surface area contributed by atoms with Crippen LogP contribution in [0.3, 0.4) is 0 Å². The lowest BCUT2D eigenvalue weighted by Crippen LogP contribution is -2.45. The Morgan fingerprint density at radius 1 is 1.32 bits per heavy atom. The number of rotatable bonds is 5. The number of nitrogens with zero attached hydrogens (tertiary/aromatic N) is 4. The van der Waals surface area contributed by atoms with E-state index in [1.807, 2.05) is 0 Å². The Labute approximate surface area is 114 Å². The minimum atomic E-state index is 0.257. The van der Waals surface area contributed by atoms with Crippen LogP contribution < -0.4 is 5.32 Å². The molecule has 0 aromatic carbocycles. The number of piperazine rings is 1. The molecule has 1 aliphatic carbocycles. The van der Waals surface area contributed by atoms with Crippen molar-refractivity contribution < 1.29 is 4.52 Å². The molecule has 2 aliphatic rings. The molecule has 0 radical (unpaired) electrons. The summed E-state index contributed by atoms with van der Waals surface area (Å²) in [5.41, 5.74) is 0. The van der Waals surface area contributed by atoms with Crippen LogP contribution in [0.2, 0.25) is 0 Å². The predicted octanol–water partition coefficient (Wildman–Crippen LogP) is 0.282. The number of likely N-dealkylation sites (N-methyl/N-ethyl adjacent to an activating group) is 2. The van der Waals surface area contributed by atoms with Gasteiger partial charge in [-0.05, 0) is 26.9 Å². The molecule has 0 bridgehead atoms. The molecule has 0 spiro atoms. The topological polar surface area (TPSA) is 57.4 Å². The van der Waals surface area contributed by atoms with E-state index in [1.165, 1.54) is 12.8 Å². The fourth-order valence-electron chi connectivity index (χ4n) is 2.46. The van der Waals surface area contributed by atoms with Crippen LogP contribution in [0.1, 0.15) is 30.6 Å². The maximum atomic E-state index is 5.36. The Hall–Kier alpha value is -0.980. The molecule has 1 aromatic rings. The van der Waals surface area contributed by atoms with Gasteiger partial charge in [0.25, 0.3) is 0 Å². The first-order chi connectivity index (χ1) is 9.22. The molecule has 1 aliphatic heterocycles. The summed E-state index contributed by atoms with van der Waals surface area (Å²) >= 11 is 0. The van der Waals surface area contributed by atoms with E-state index in [-0.39, 0.29) is 6.04 Å². The van der Waals surface area contributed by atoms with Gasteiger partial charge in [-0.1, -0.05) is 5.16 Å². The minimum absolute atomic E-state index is 0.257. The highest BCUT2D eigenvalue weighted by Crippen LogP contribution is 2.21. The van der Waals surface area contributed by atoms with E-state index in [4.69, 9.17) is 4.52 Å².